The van der Waals surface area contributed by atoms with Crippen LogP contribution in [0.5, 0.6) is 0 Å². The van der Waals surface area contributed by atoms with Gasteiger partial charge in [0.05, 0.1) is 0 Å². The first-order valence-corrected chi connectivity index (χ1v) is 6.06. The lowest BCUT2D eigenvalue weighted by molar-refractivity contribution is -0.137. The minimum atomic E-state index is -1.62. The van der Waals surface area contributed by atoms with Crippen molar-refractivity contribution in [3.63, 3.8) is 0 Å². The molecule has 1 aromatic carbocycles. The van der Waals surface area contributed by atoms with Crippen LogP contribution in [0.15, 0.2) is 12.1 Å². The van der Waals surface area contributed by atoms with E-state index in [1.807, 2.05) is 0 Å². The fraction of sp³-hybridized carbons (Fsp3) is 0.385. The molecule has 0 saturated heterocycles. The number of carboxylic acids is 1. The molecule has 7 heteroatoms. The first-order chi connectivity index (χ1) is 9.41. The summed E-state index contributed by atoms with van der Waals surface area (Å²) >= 11 is 0. The third-order valence-corrected chi connectivity index (χ3v) is 2.60. The lowest BCUT2D eigenvalue weighted by atomic mass is 10.1. The number of carbonyl (C=O) groups excluding carboxylic acids is 1. The molecule has 20 heavy (non-hydrogen) atoms. The number of benzene rings is 1. The zero-order chi connectivity index (χ0) is 15.1. The predicted octanol–water partition coefficient (Wildman–Crippen LogP) is 2.48. The SMILES string of the molecule is O=C(O)CCCCCNC(=O)c1cc(F)c(F)c(F)c1. The molecule has 0 atom stereocenters. The van der Waals surface area contributed by atoms with E-state index in [0.29, 0.717) is 31.4 Å². The number of rotatable bonds is 7. The van der Waals surface area contributed by atoms with Gasteiger partial charge in [-0.3, -0.25) is 9.59 Å². The van der Waals surface area contributed by atoms with E-state index in [4.69, 9.17) is 5.11 Å². The molecule has 0 radical (unpaired) electrons. The number of carbonyl (C=O) groups is 2. The summed E-state index contributed by atoms with van der Waals surface area (Å²) in [5.41, 5.74) is -0.299. The number of amides is 1. The highest BCUT2D eigenvalue weighted by molar-refractivity contribution is 5.94. The zero-order valence-electron chi connectivity index (χ0n) is 10.6. The van der Waals surface area contributed by atoms with Crippen LogP contribution in [-0.4, -0.2) is 23.5 Å². The Balaban J connectivity index is 2.38. The molecular weight excluding hydrogens is 275 g/mol. The molecule has 0 heterocycles. The average Bonchev–Trinajstić information content (AvgIpc) is 2.38. The van der Waals surface area contributed by atoms with Crippen molar-refractivity contribution in [1.82, 2.24) is 5.32 Å². The monoisotopic (exact) mass is 289 g/mol. The molecule has 0 aromatic heterocycles. The Morgan fingerprint density at radius 2 is 1.65 bits per heavy atom. The molecule has 4 nitrogen and oxygen atoms in total. The minimum absolute atomic E-state index is 0.0579. The maximum Gasteiger partial charge on any atom is 0.303 e. The summed E-state index contributed by atoms with van der Waals surface area (Å²) in [6.07, 6.45) is 1.71. The van der Waals surface area contributed by atoms with Crippen molar-refractivity contribution in [2.24, 2.45) is 0 Å². The fourth-order valence-electron chi connectivity index (χ4n) is 1.57. The van der Waals surface area contributed by atoms with E-state index in [1.54, 1.807) is 0 Å². The number of halogens is 3. The summed E-state index contributed by atoms with van der Waals surface area (Å²) < 4.78 is 38.5. The maximum absolute atomic E-state index is 12.9. The van der Waals surface area contributed by atoms with Crippen LogP contribution < -0.4 is 5.32 Å². The number of hydrogen-bond donors (Lipinski definition) is 2. The van der Waals surface area contributed by atoms with E-state index < -0.39 is 29.3 Å². The number of aliphatic carboxylic acids is 1. The van der Waals surface area contributed by atoms with Crippen LogP contribution in [-0.2, 0) is 4.79 Å². The van der Waals surface area contributed by atoms with Gasteiger partial charge in [0.15, 0.2) is 17.5 Å². The Hall–Kier alpha value is -2.05. The highest BCUT2D eigenvalue weighted by Gasteiger charge is 2.14. The molecule has 1 rings (SSSR count). The average molecular weight is 289 g/mol. The summed E-state index contributed by atoms with van der Waals surface area (Å²) in [5.74, 6) is -6.05. The van der Waals surface area contributed by atoms with Gasteiger partial charge in [0, 0.05) is 18.5 Å². The van der Waals surface area contributed by atoms with E-state index in [2.05, 4.69) is 5.32 Å². The van der Waals surface area contributed by atoms with Gasteiger partial charge in [0.25, 0.3) is 5.91 Å². The molecule has 0 fully saturated rings. The second kappa shape index (κ2) is 7.52. The van der Waals surface area contributed by atoms with Gasteiger partial charge in [0.1, 0.15) is 0 Å². The van der Waals surface area contributed by atoms with Crippen molar-refractivity contribution in [3.8, 4) is 0 Å². The molecule has 1 amide bonds. The number of carboxylic acid groups (broad SMARTS) is 1. The Morgan fingerprint density at radius 1 is 1.05 bits per heavy atom. The second-order valence-corrected chi connectivity index (χ2v) is 4.21. The van der Waals surface area contributed by atoms with E-state index in [1.165, 1.54) is 0 Å². The van der Waals surface area contributed by atoms with E-state index in [9.17, 15) is 22.8 Å². The summed E-state index contributed by atoms with van der Waals surface area (Å²) in [6, 6.07) is 1.25. The van der Waals surface area contributed by atoms with Crippen molar-refractivity contribution < 1.29 is 27.9 Å². The van der Waals surface area contributed by atoms with E-state index in [-0.39, 0.29) is 18.5 Å². The maximum atomic E-state index is 12.9. The Morgan fingerprint density at radius 3 is 2.20 bits per heavy atom. The Bertz CT molecular complexity index is 483. The van der Waals surface area contributed by atoms with Crippen LogP contribution >= 0.6 is 0 Å². The largest absolute Gasteiger partial charge is 0.481 e. The molecule has 0 spiro atoms. The van der Waals surface area contributed by atoms with Gasteiger partial charge in [-0.1, -0.05) is 6.42 Å². The van der Waals surface area contributed by atoms with Crippen molar-refractivity contribution >= 4 is 11.9 Å². The van der Waals surface area contributed by atoms with Gasteiger partial charge in [-0.05, 0) is 25.0 Å². The van der Waals surface area contributed by atoms with Crippen molar-refractivity contribution in [2.45, 2.75) is 25.7 Å². The quantitative estimate of drug-likeness (QED) is 0.598. The molecule has 2 N–H and O–H groups in total. The minimum Gasteiger partial charge on any atom is -0.481 e. The molecule has 0 aliphatic carbocycles. The number of hydrogen-bond acceptors (Lipinski definition) is 2. The normalized spacial score (nSPS) is 10.3. The fourth-order valence-corrected chi connectivity index (χ4v) is 1.57. The summed E-state index contributed by atoms with van der Waals surface area (Å²) in [7, 11) is 0. The first-order valence-electron chi connectivity index (χ1n) is 6.06. The Labute approximate surface area is 113 Å². The van der Waals surface area contributed by atoms with Crippen molar-refractivity contribution in [1.29, 1.82) is 0 Å². The highest BCUT2D eigenvalue weighted by Crippen LogP contribution is 2.13. The van der Waals surface area contributed by atoms with Crippen LogP contribution in [0.1, 0.15) is 36.0 Å². The number of nitrogens with one attached hydrogen (secondary N) is 1. The van der Waals surface area contributed by atoms with Gasteiger partial charge in [-0.25, -0.2) is 13.2 Å². The summed E-state index contributed by atoms with van der Waals surface area (Å²) in [6.45, 7) is 0.249. The molecule has 0 unspecified atom stereocenters. The van der Waals surface area contributed by atoms with Crippen LogP contribution in [0.4, 0.5) is 13.2 Å². The van der Waals surface area contributed by atoms with Crippen molar-refractivity contribution in [3.05, 3.63) is 35.1 Å². The third-order valence-electron chi connectivity index (χ3n) is 2.60. The molecule has 1 aromatic rings. The zero-order valence-corrected chi connectivity index (χ0v) is 10.6. The topological polar surface area (TPSA) is 66.4 Å². The van der Waals surface area contributed by atoms with Crippen LogP contribution in [0.3, 0.4) is 0 Å². The molecular formula is C13H14F3NO3. The summed E-state index contributed by atoms with van der Waals surface area (Å²) in [5, 5.41) is 10.8. The summed E-state index contributed by atoms with van der Waals surface area (Å²) in [4.78, 5) is 21.8. The van der Waals surface area contributed by atoms with Crippen LogP contribution in [0.25, 0.3) is 0 Å². The first kappa shape index (κ1) is 16.0. The Kier molecular flexibility index (Phi) is 6.02. The van der Waals surface area contributed by atoms with Crippen LogP contribution in [0, 0.1) is 17.5 Å². The molecule has 0 saturated carbocycles. The van der Waals surface area contributed by atoms with Crippen molar-refractivity contribution in [2.75, 3.05) is 6.54 Å². The predicted molar refractivity (Wildman–Crippen MR) is 64.8 cm³/mol. The molecule has 0 aliphatic rings. The lowest BCUT2D eigenvalue weighted by Crippen LogP contribution is -2.24. The third kappa shape index (κ3) is 4.91. The van der Waals surface area contributed by atoms with E-state index in [0.717, 1.165) is 0 Å². The van der Waals surface area contributed by atoms with Gasteiger partial charge in [-0.2, -0.15) is 0 Å². The van der Waals surface area contributed by atoms with E-state index >= 15 is 0 Å². The highest BCUT2D eigenvalue weighted by atomic mass is 19.2. The molecule has 0 aliphatic heterocycles. The van der Waals surface area contributed by atoms with Gasteiger partial charge < -0.3 is 10.4 Å². The molecule has 0 bridgehead atoms. The van der Waals surface area contributed by atoms with Gasteiger partial charge >= 0.3 is 5.97 Å². The molecule has 110 valence electrons. The van der Waals surface area contributed by atoms with Gasteiger partial charge in [-0.15, -0.1) is 0 Å². The lowest BCUT2D eigenvalue weighted by Gasteiger charge is -2.06. The second-order valence-electron chi connectivity index (χ2n) is 4.21. The number of unbranched alkanes of at least 4 members (excludes halogenated alkanes) is 2. The standard InChI is InChI=1S/C13H14F3NO3/c14-9-6-8(7-10(15)12(9)16)13(20)17-5-3-1-2-4-11(18)19/h6-7H,1-5H2,(H,17,20)(H,18,19). The van der Waals surface area contributed by atoms with Crippen LogP contribution in [0.2, 0.25) is 0 Å². The van der Waals surface area contributed by atoms with Gasteiger partial charge in [0.2, 0.25) is 0 Å². The smallest absolute Gasteiger partial charge is 0.303 e.